The Kier molecular flexibility index (Phi) is 4.74. The number of carbonyl (C=O) groups is 1. The van der Waals surface area contributed by atoms with E-state index in [1.165, 1.54) is 0 Å². The van der Waals surface area contributed by atoms with Crippen molar-refractivity contribution in [2.75, 3.05) is 0 Å². The first-order valence-electron chi connectivity index (χ1n) is 6.23. The lowest BCUT2D eigenvalue weighted by atomic mass is 9.91. The number of hydrogen-bond acceptors (Lipinski definition) is 3. The van der Waals surface area contributed by atoms with E-state index >= 15 is 0 Å². The molecule has 0 aromatic rings. The molecule has 3 atom stereocenters. The van der Waals surface area contributed by atoms with Crippen LogP contribution in [-0.4, -0.2) is 28.7 Å². The van der Waals surface area contributed by atoms with Gasteiger partial charge in [-0.05, 0) is 39.0 Å². The lowest BCUT2D eigenvalue weighted by molar-refractivity contribution is -0.127. The van der Waals surface area contributed by atoms with Crippen molar-refractivity contribution in [3.8, 4) is 0 Å². The summed E-state index contributed by atoms with van der Waals surface area (Å²) in [7, 11) is 0. The van der Waals surface area contributed by atoms with Crippen LogP contribution in [0.3, 0.4) is 0 Å². The van der Waals surface area contributed by atoms with Gasteiger partial charge in [0.15, 0.2) is 0 Å². The standard InChI is InChI=1S/C12H24N2O2/c1-3-7-12(2,13)11(16)14-9-5-4-6-10(15)8-9/h9-10,15H,3-8,13H2,1-2H3,(H,14,16). The summed E-state index contributed by atoms with van der Waals surface area (Å²) in [5.74, 6) is -0.0894. The highest BCUT2D eigenvalue weighted by Crippen LogP contribution is 2.19. The third-order valence-corrected chi connectivity index (χ3v) is 3.27. The molecule has 4 N–H and O–H groups in total. The van der Waals surface area contributed by atoms with Crippen LogP contribution < -0.4 is 11.1 Å². The van der Waals surface area contributed by atoms with Gasteiger partial charge in [-0.15, -0.1) is 0 Å². The summed E-state index contributed by atoms with van der Waals surface area (Å²) in [6, 6.07) is 0.0935. The molecular formula is C12H24N2O2. The molecule has 1 saturated carbocycles. The molecule has 0 aromatic carbocycles. The fourth-order valence-electron chi connectivity index (χ4n) is 2.28. The Morgan fingerprint density at radius 1 is 1.56 bits per heavy atom. The molecule has 4 heteroatoms. The van der Waals surface area contributed by atoms with Crippen molar-refractivity contribution in [1.82, 2.24) is 5.32 Å². The molecule has 1 aliphatic rings. The number of aliphatic hydroxyl groups excluding tert-OH is 1. The summed E-state index contributed by atoms with van der Waals surface area (Å²) in [5.41, 5.74) is 5.17. The van der Waals surface area contributed by atoms with Gasteiger partial charge in [-0.3, -0.25) is 4.79 Å². The van der Waals surface area contributed by atoms with E-state index in [0.717, 1.165) is 25.7 Å². The summed E-state index contributed by atoms with van der Waals surface area (Å²) >= 11 is 0. The number of amides is 1. The quantitative estimate of drug-likeness (QED) is 0.670. The van der Waals surface area contributed by atoms with E-state index < -0.39 is 5.54 Å². The Labute approximate surface area is 97.6 Å². The number of nitrogens with one attached hydrogen (secondary N) is 1. The minimum absolute atomic E-state index is 0.0894. The Bertz CT molecular complexity index is 241. The highest BCUT2D eigenvalue weighted by atomic mass is 16.3. The number of rotatable bonds is 4. The minimum atomic E-state index is -0.781. The van der Waals surface area contributed by atoms with Crippen LogP contribution in [0.1, 0.15) is 52.4 Å². The van der Waals surface area contributed by atoms with Crippen molar-refractivity contribution in [2.24, 2.45) is 5.73 Å². The fraction of sp³-hybridized carbons (Fsp3) is 0.917. The smallest absolute Gasteiger partial charge is 0.240 e. The Balaban J connectivity index is 2.44. The van der Waals surface area contributed by atoms with Crippen LogP contribution >= 0.6 is 0 Å². The average Bonchev–Trinajstić information content (AvgIpc) is 2.17. The van der Waals surface area contributed by atoms with Crippen LogP contribution in [0, 0.1) is 0 Å². The zero-order valence-corrected chi connectivity index (χ0v) is 10.3. The second-order valence-electron chi connectivity index (χ2n) is 5.16. The molecule has 1 aliphatic carbocycles. The lowest BCUT2D eigenvalue weighted by Crippen LogP contribution is -2.55. The summed E-state index contributed by atoms with van der Waals surface area (Å²) < 4.78 is 0. The van der Waals surface area contributed by atoms with Gasteiger partial charge in [-0.1, -0.05) is 13.3 Å². The van der Waals surface area contributed by atoms with Crippen LogP contribution in [0.5, 0.6) is 0 Å². The van der Waals surface area contributed by atoms with E-state index in [1.807, 2.05) is 6.92 Å². The molecule has 0 aliphatic heterocycles. The molecule has 16 heavy (non-hydrogen) atoms. The first-order chi connectivity index (χ1) is 7.45. The Morgan fingerprint density at radius 3 is 2.81 bits per heavy atom. The van der Waals surface area contributed by atoms with Gasteiger partial charge in [0.2, 0.25) is 5.91 Å². The topological polar surface area (TPSA) is 75.4 Å². The predicted molar refractivity (Wildman–Crippen MR) is 63.9 cm³/mol. The van der Waals surface area contributed by atoms with Crippen molar-refractivity contribution in [3.05, 3.63) is 0 Å². The molecule has 1 rings (SSSR count). The minimum Gasteiger partial charge on any atom is -0.393 e. The molecule has 0 saturated heterocycles. The third-order valence-electron chi connectivity index (χ3n) is 3.27. The van der Waals surface area contributed by atoms with Gasteiger partial charge in [-0.2, -0.15) is 0 Å². The van der Waals surface area contributed by atoms with Crippen molar-refractivity contribution >= 4 is 5.91 Å². The van der Waals surface area contributed by atoms with E-state index in [-0.39, 0.29) is 18.1 Å². The van der Waals surface area contributed by atoms with Gasteiger partial charge >= 0.3 is 0 Å². The van der Waals surface area contributed by atoms with Gasteiger partial charge in [0.05, 0.1) is 11.6 Å². The maximum absolute atomic E-state index is 11.9. The monoisotopic (exact) mass is 228 g/mol. The van der Waals surface area contributed by atoms with Gasteiger partial charge in [-0.25, -0.2) is 0 Å². The second kappa shape index (κ2) is 5.64. The van der Waals surface area contributed by atoms with Crippen molar-refractivity contribution < 1.29 is 9.90 Å². The maximum atomic E-state index is 11.9. The molecule has 3 unspecified atom stereocenters. The molecule has 0 spiro atoms. The predicted octanol–water partition coefficient (Wildman–Crippen LogP) is 0.924. The summed E-state index contributed by atoms with van der Waals surface area (Å²) in [5, 5.41) is 12.5. The first kappa shape index (κ1) is 13.5. The number of aliphatic hydroxyl groups is 1. The zero-order valence-electron chi connectivity index (χ0n) is 10.3. The SMILES string of the molecule is CCCC(C)(N)C(=O)NC1CCCC(O)C1. The largest absolute Gasteiger partial charge is 0.393 e. The number of hydrogen-bond donors (Lipinski definition) is 3. The normalized spacial score (nSPS) is 29.5. The highest BCUT2D eigenvalue weighted by molar-refractivity contribution is 5.85. The van der Waals surface area contributed by atoms with Crippen LogP contribution in [0.25, 0.3) is 0 Å². The van der Waals surface area contributed by atoms with Gasteiger partial charge in [0.25, 0.3) is 0 Å². The van der Waals surface area contributed by atoms with E-state index in [4.69, 9.17) is 5.73 Å². The summed E-state index contributed by atoms with van der Waals surface area (Å²) in [4.78, 5) is 11.9. The average molecular weight is 228 g/mol. The van der Waals surface area contributed by atoms with Crippen LogP contribution in [0.2, 0.25) is 0 Å². The van der Waals surface area contributed by atoms with E-state index in [9.17, 15) is 9.90 Å². The summed E-state index contributed by atoms with van der Waals surface area (Å²) in [6.45, 7) is 3.79. The number of carbonyl (C=O) groups excluding carboxylic acids is 1. The molecular weight excluding hydrogens is 204 g/mol. The van der Waals surface area contributed by atoms with Crippen LogP contribution in [-0.2, 0) is 4.79 Å². The molecule has 94 valence electrons. The Morgan fingerprint density at radius 2 is 2.25 bits per heavy atom. The van der Waals surface area contributed by atoms with Gasteiger partial charge in [0.1, 0.15) is 0 Å². The van der Waals surface area contributed by atoms with Crippen LogP contribution in [0.4, 0.5) is 0 Å². The second-order valence-corrected chi connectivity index (χ2v) is 5.16. The molecule has 0 radical (unpaired) electrons. The highest BCUT2D eigenvalue weighted by Gasteiger charge is 2.30. The van der Waals surface area contributed by atoms with Crippen LogP contribution in [0.15, 0.2) is 0 Å². The fourth-order valence-corrected chi connectivity index (χ4v) is 2.28. The van der Waals surface area contributed by atoms with E-state index in [2.05, 4.69) is 5.32 Å². The molecule has 1 amide bonds. The third kappa shape index (κ3) is 3.76. The Hall–Kier alpha value is -0.610. The zero-order chi connectivity index (χ0) is 12.2. The van der Waals surface area contributed by atoms with E-state index in [1.54, 1.807) is 6.92 Å². The van der Waals surface area contributed by atoms with Crippen molar-refractivity contribution in [2.45, 2.75) is 70.1 Å². The molecule has 0 heterocycles. The molecule has 0 bridgehead atoms. The maximum Gasteiger partial charge on any atom is 0.240 e. The first-order valence-corrected chi connectivity index (χ1v) is 6.23. The molecule has 0 aromatic heterocycles. The van der Waals surface area contributed by atoms with Gasteiger partial charge in [0, 0.05) is 6.04 Å². The van der Waals surface area contributed by atoms with Gasteiger partial charge < -0.3 is 16.2 Å². The summed E-state index contributed by atoms with van der Waals surface area (Å²) in [6.07, 6.45) is 4.75. The number of nitrogens with two attached hydrogens (primary N) is 1. The lowest BCUT2D eigenvalue weighted by Gasteiger charge is -2.30. The molecule has 1 fully saturated rings. The molecule has 4 nitrogen and oxygen atoms in total. The van der Waals surface area contributed by atoms with Crippen molar-refractivity contribution in [3.63, 3.8) is 0 Å². The van der Waals surface area contributed by atoms with Crippen molar-refractivity contribution in [1.29, 1.82) is 0 Å². The van der Waals surface area contributed by atoms with E-state index in [0.29, 0.717) is 12.8 Å².